The molecule has 2 N–H and O–H groups in total. The van der Waals surface area contributed by atoms with Gasteiger partial charge in [-0.05, 0) is 20.3 Å². The summed E-state index contributed by atoms with van der Waals surface area (Å²) in [6.45, 7) is 5.51. The fourth-order valence-electron chi connectivity index (χ4n) is 1.22. The van der Waals surface area contributed by atoms with Gasteiger partial charge in [0.05, 0.1) is 12.2 Å². The summed E-state index contributed by atoms with van der Waals surface area (Å²) in [5.41, 5.74) is 0. The third-order valence-corrected chi connectivity index (χ3v) is 1.86. The molecular weight excluding hydrogens is 128 g/mol. The molecule has 10 heavy (non-hydrogen) atoms. The standard InChI is InChI=1S/C8H18O2/c1-4-5-8(6(2)9)7(3)10/h6-10H,4-5H2,1-3H3. The van der Waals surface area contributed by atoms with Crippen LogP contribution in [-0.4, -0.2) is 22.4 Å². The van der Waals surface area contributed by atoms with Crippen LogP contribution < -0.4 is 0 Å². The largest absolute Gasteiger partial charge is 0.393 e. The molecule has 2 nitrogen and oxygen atoms in total. The van der Waals surface area contributed by atoms with Crippen LogP contribution in [0.5, 0.6) is 0 Å². The van der Waals surface area contributed by atoms with E-state index in [9.17, 15) is 0 Å². The first-order chi connectivity index (χ1) is 4.59. The van der Waals surface area contributed by atoms with Crippen molar-refractivity contribution in [3.05, 3.63) is 0 Å². The lowest BCUT2D eigenvalue weighted by Gasteiger charge is -2.21. The van der Waals surface area contributed by atoms with Crippen LogP contribution in [0, 0.1) is 5.92 Å². The van der Waals surface area contributed by atoms with Gasteiger partial charge in [0.15, 0.2) is 0 Å². The van der Waals surface area contributed by atoms with Gasteiger partial charge >= 0.3 is 0 Å². The molecule has 0 aliphatic rings. The Morgan fingerprint density at radius 1 is 1.10 bits per heavy atom. The van der Waals surface area contributed by atoms with Crippen LogP contribution in [-0.2, 0) is 0 Å². The first kappa shape index (κ1) is 9.92. The zero-order chi connectivity index (χ0) is 8.15. The molecule has 0 fully saturated rings. The van der Waals surface area contributed by atoms with E-state index in [1.54, 1.807) is 13.8 Å². The molecule has 0 aliphatic heterocycles. The normalized spacial score (nSPS) is 20.1. The molecule has 0 aromatic heterocycles. The monoisotopic (exact) mass is 146 g/mol. The van der Waals surface area contributed by atoms with Crippen molar-refractivity contribution in [2.75, 3.05) is 0 Å². The van der Waals surface area contributed by atoms with Crippen molar-refractivity contribution in [1.82, 2.24) is 0 Å². The van der Waals surface area contributed by atoms with Crippen molar-refractivity contribution in [2.45, 2.75) is 45.8 Å². The Hall–Kier alpha value is -0.0800. The number of rotatable bonds is 4. The van der Waals surface area contributed by atoms with E-state index in [2.05, 4.69) is 6.92 Å². The molecular formula is C8H18O2. The van der Waals surface area contributed by atoms with Crippen molar-refractivity contribution in [1.29, 1.82) is 0 Å². The van der Waals surface area contributed by atoms with Crippen molar-refractivity contribution in [3.8, 4) is 0 Å². The summed E-state index contributed by atoms with van der Waals surface area (Å²) in [5, 5.41) is 18.3. The number of aliphatic hydroxyl groups excluding tert-OH is 2. The van der Waals surface area contributed by atoms with Gasteiger partial charge in [-0.2, -0.15) is 0 Å². The van der Waals surface area contributed by atoms with Gasteiger partial charge in [0.2, 0.25) is 0 Å². The van der Waals surface area contributed by atoms with E-state index >= 15 is 0 Å². The second-order valence-corrected chi connectivity index (χ2v) is 2.93. The van der Waals surface area contributed by atoms with E-state index in [-0.39, 0.29) is 18.1 Å². The molecule has 0 saturated heterocycles. The zero-order valence-corrected chi connectivity index (χ0v) is 7.04. The van der Waals surface area contributed by atoms with Crippen LogP contribution in [0.2, 0.25) is 0 Å². The Morgan fingerprint density at radius 2 is 1.50 bits per heavy atom. The molecule has 2 unspecified atom stereocenters. The summed E-state index contributed by atoms with van der Waals surface area (Å²) < 4.78 is 0. The average molecular weight is 146 g/mol. The predicted octanol–water partition coefficient (Wildman–Crippen LogP) is 1.16. The van der Waals surface area contributed by atoms with Gasteiger partial charge in [0, 0.05) is 5.92 Å². The van der Waals surface area contributed by atoms with Crippen LogP contribution in [0.25, 0.3) is 0 Å². The van der Waals surface area contributed by atoms with Gasteiger partial charge < -0.3 is 10.2 Å². The Labute approximate surface area is 62.9 Å². The zero-order valence-electron chi connectivity index (χ0n) is 7.04. The lowest BCUT2D eigenvalue weighted by Crippen LogP contribution is -2.27. The third kappa shape index (κ3) is 3.18. The highest BCUT2D eigenvalue weighted by molar-refractivity contribution is 4.69. The topological polar surface area (TPSA) is 40.5 Å². The molecule has 0 heterocycles. The molecule has 0 aromatic carbocycles. The number of aliphatic hydroxyl groups is 2. The SMILES string of the molecule is CCCC(C(C)O)C(C)O. The number of hydrogen-bond acceptors (Lipinski definition) is 2. The second kappa shape index (κ2) is 4.69. The molecule has 62 valence electrons. The molecule has 2 atom stereocenters. The minimum Gasteiger partial charge on any atom is -0.393 e. The van der Waals surface area contributed by atoms with Gasteiger partial charge in [-0.25, -0.2) is 0 Å². The highest BCUT2D eigenvalue weighted by atomic mass is 16.3. The van der Waals surface area contributed by atoms with Crippen LogP contribution in [0.4, 0.5) is 0 Å². The highest BCUT2D eigenvalue weighted by Crippen LogP contribution is 2.15. The minimum atomic E-state index is -0.389. The average Bonchev–Trinajstić information content (AvgIpc) is 1.81. The maximum absolute atomic E-state index is 9.15. The maximum Gasteiger partial charge on any atom is 0.0564 e. The molecule has 0 spiro atoms. The maximum atomic E-state index is 9.15. The van der Waals surface area contributed by atoms with Crippen molar-refractivity contribution < 1.29 is 10.2 Å². The molecule has 0 radical (unpaired) electrons. The van der Waals surface area contributed by atoms with Gasteiger partial charge in [0.25, 0.3) is 0 Å². The predicted molar refractivity (Wildman–Crippen MR) is 41.8 cm³/mol. The molecule has 0 saturated carbocycles. The third-order valence-electron chi connectivity index (χ3n) is 1.86. The quantitative estimate of drug-likeness (QED) is 0.625. The lowest BCUT2D eigenvalue weighted by molar-refractivity contribution is 0.0269. The smallest absolute Gasteiger partial charge is 0.0564 e. The first-order valence-corrected chi connectivity index (χ1v) is 3.95. The van der Waals surface area contributed by atoms with Gasteiger partial charge in [-0.3, -0.25) is 0 Å². The van der Waals surface area contributed by atoms with Crippen molar-refractivity contribution in [2.24, 2.45) is 5.92 Å². The van der Waals surface area contributed by atoms with Gasteiger partial charge in [0.1, 0.15) is 0 Å². The fourth-order valence-corrected chi connectivity index (χ4v) is 1.22. The molecule has 0 aliphatic carbocycles. The molecule has 0 amide bonds. The molecule has 0 rings (SSSR count). The highest BCUT2D eigenvalue weighted by Gasteiger charge is 2.18. The van der Waals surface area contributed by atoms with Gasteiger partial charge in [-0.1, -0.05) is 13.3 Å². The van der Waals surface area contributed by atoms with Crippen LogP contribution >= 0.6 is 0 Å². The Kier molecular flexibility index (Phi) is 4.65. The van der Waals surface area contributed by atoms with Crippen LogP contribution in [0.3, 0.4) is 0 Å². The van der Waals surface area contributed by atoms with E-state index in [1.165, 1.54) is 0 Å². The molecule has 0 aromatic rings. The minimum absolute atomic E-state index is 0.0463. The Balaban J connectivity index is 3.73. The molecule has 2 heteroatoms. The van der Waals surface area contributed by atoms with E-state index in [4.69, 9.17) is 10.2 Å². The number of hydrogen-bond donors (Lipinski definition) is 2. The summed E-state index contributed by atoms with van der Waals surface area (Å²) >= 11 is 0. The van der Waals surface area contributed by atoms with Crippen LogP contribution in [0.15, 0.2) is 0 Å². The molecule has 0 bridgehead atoms. The summed E-state index contributed by atoms with van der Waals surface area (Å²) in [4.78, 5) is 0. The summed E-state index contributed by atoms with van der Waals surface area (Å²) in [6.07, 6.45) is 1.13. The lowest BCUT2D eigenvalue weighted by atomic mass is 9.93. The summed E-state index contributed by atoms with van der Waals surface area (Å²) in [6, 6.07) is 0. The van der Waals surface area contributed by atoms with Crippen molar-refractivity contribution in [3.63, 3.8) is 0 Å². The fraction of sp³-hybridized carbons (Fsp3) is 1.00. The first-order valence-electron chi connectivity index (χ1n) is 3.95. The van der Waals surface area contributed by atoms with E-state index in [0.717, 1.165) is 12.8 Å². The summed E-state index contributed by atoms with van der Waals surface area (Å²) in [5.74, 6) is 0.0463. The van der Waals surface area contributed by atoms with E-state index < -0.39 is 0 Å². The van der Waals surface area contributed by atoms with E-state index in [1.807, 2.05) is 0 Å². The summed E-state index contributed by atoms with van der Waals surface area (Å²) in [7, 11) is 0. The Bertz CT molecular complexity index is 71.3. The second-order valence-electron chi connectivity index (χ2n) is 2.93. The Morgan fingerprint density at radius 3 is 1.60 bits per heavy atom. The van der Waals surface area contributed by atoms with E-state index in [0.29, 0.717) is 0 Å². The van der Waals surface area contributed by atoms with Gasteiger partial charge in [-0.15, -0.1) is 0 Å². The van der Waals surface area contributed by atoms with Crippen molar-refractivity contribution >= 4 is 0 Å². The van der Waals surface area contributed by atoms with Crippen LogP contribution in [0.1, 0.15) is 33.6 Å².